The molecule has 1 aromatic heterocycles. The van der Waals surface area contributed by atoms with Crippen LogP contribution in [0.1, 0.15) is 5.56 Å². The number of likely N-dealkylation sites (N-methyl/N-ethyl adjacent to an activating group) is 1. The van der Waals surface area contributed by atoms with Crippen LogP contribution in [0.2, 0.25) is 0 Å². The van der Waals surface area contributed by atoms with Gasteiger partial charge in [-0.15, -0.1) is 5.10 Å². The average molecular weight is 316 g/mol. The number of nitrogens with one attached hydrogen (secondary N) is 2. The predicted molar refractivity (Wildman–Crippen MR) is 92.1 cm³/mol. The Bertz CT molecular complexity index is 605. The maximum atomic E-state index is 5.23. The molecule has 2 aromatic rings. The third-order valence-corrected chi connectivity index (χ3v) is 3.25. The van der Waals surface area contributed by atoms with E-state index < -0.39 is 0 Å². The first kappa shape index (κ1) is 17.0. The zero-order valence-electron chi connectivity index (χ0n) is 13.9. The maximum Gasteiger partial charge on any atom is 0.244 e. The minimum atomic E-state index is 0.540. The molecule has 0 amide bonds. The van der Waals surface area contributed by atoms with Crippen molar-refractivity contribution in [2.45, 2.75) is 6.42 Å². The number of aromatic nitrogens is 3. The van der Waals surface area contributed by atoms with Gasteiger partial charge in [0.15, 0.2) is 5.82 Å². The number of nitrogens with zero attached hydrogens (tertiary/aromatic N) is 4. The molecule has 2 N–H and O–H groups in total. The second kappa shape index (κ2) is 8.89. The van der Waals surface area contributed by atoms with Crippen molar-refractivity contribution in [3.8, 4) is 5.75 Å². The molecule has 1 aromatic carbocycles. The van der Waals surface area contributed by atoms with Gasteiger partial charge in [-0.05, 0) is 38.2 Å². The monoisotopic (exact) mass is 316 g/mol. The Balaban J connectivity index is 1.81. The van der Waals surface area contributed by atoms with Crippen LogP contribution < -0.4 is 15.4 Å². The molecule has 23 heavy (non-hydrogen) atoms. The van der Waals surface area contributed by atoms with Gasteiger partial charge in [0.1, 0.15) is 5.75 Å². The third-order valence-electron chi connectivity index (χ3n) is 3.25. The lowest BCUT2D eigenvalue weighted by atomic mass is 10.1. The molecule has 0 atom stereocenters. The van der Waals surface area contributed by atoms with Gasteiger partial charge in [0.05, 0.1) is 13.3 Å². The van der Waals surface area contributed by atoms with Crippen LogP contribution in [0.4, 0.5) is 11.8 Å². The van der Waals surface area contributed by atoms with Crippen LogP contribution in [-0.2, 0) is 6.42 Å². The highest BCUT2D eigenvalue weighted by atomic mass is 16.5. The minimum Gasteiger partial charge on any atom is -0.497 e. The van der Waals surface area contributed by atoms with Crippen molar-refractivity contribution in [3.63, 3.8) is 0 Å². The van der Waals surface area contributed by atoms with Crippen LogP contribution in [0.3, 0.4) is 0 Å². The second-order valence-electron chi connectivity index (χ2n) is 5.42. The van der Waals surface area contributed by atoms with E-state index in [1.54, 1.807) is 13.3 Å². The normalized spacial score (nSPS) is 10.6. The number of rotatable bonds is 9. The molecular weight excluding hydrogens is 292 g/mol. The summed E-state index contributed by atoms with van der Waals surface area (Å²) in [5.74, 6) is 2.13. The number of ether oxygens (including phenoxy) is 1. The van der Waals surface area contributed by atoms with E-state index >= 15 is 0 Å². The summed E-state index contributed by atoms with van der Waals surface area (Å²) in [5.41, 5.74) is 1.21. The smallest absolute Gasteiger partial charge is 0.244 e. The largest absolute Gasteiger partial charge is 0.497 e. The summed E-state index contributed by atoms with van der Waals surface area (Å²) in [6.07, 6.45) is 2.51. The van der Waals surface area contributed by atoms with Crippen LogP contribution in [0.15, 0.2) is 30.5 Å². The molecule has 0 aliphatic carbocycles. The number of hydrogen-bond donors (Lipinski definition) is 2. The summed E-state index contributed by atoms with van der Waals surface area (Å²) < 4.78 is 5.23. The highest BCUT2D eigenvalue weighted by Gasteiger charge is 2.01. The molecule has 7 nitrogen and oxygen atoms in total. The van der Waals surface area contributed by atoms with Gasteiger partial charge < -0.3 is 20.3 Å². The van der Waals surface area contributed by atoms with Crippen LogP contribution >= 0.6 is 0 Å². The fraction of sp³-hybridized carbons (Fsp3) is 0.438. The summed E-state index contributed by atoms with van der Waals surface area (Å²) in [4.78, 5) is 6.49. The topological polar surface area (TPSA) is 75.2 Å². The van der Waals surface area contributed by atoms with Crippen molar-refractivity contribution in [1.29, 1.82) is 0 Å². The SMILES string of the molecule is COc1cccc(CCNc2cnnc(NCCN(C)C)n2)c1. The molecule has 0 saturated carbocycles. The van der Waals surface area contributed by atoms with Crippen LogP contribution in [0.25, 0.3) is 0 Å². The van der Waals surface area contributed by atoms with Crippen molar-refractivity contribution in [3.05, 3.63) is 36.0 Å². The maximum absolute atomic E-state index is 5.23. The van der Waals surface area contributed by atoms with E-state index in [9.17, 15) is 0 Å². The Morgan fingerprint density at radius 1 is 1.17 bits per heavy atom. The first-order valence-corrected chi connectivity index (χ1v) is 7.62. The molecule has 0 radical (unpaired) electrons. The van der Waals surface area contributed by atoms with E-state index in [4.69, 9.17) is 4.74 Å². The van der Waals surface area contributed by atoms with E-state index in [1.165, 1.54) is 5.56 Å². The Morgan fingerprint density at radius 2 is 2.04 bits per heavy atom. The van der Waals surface area contributed by atoms with Crippen LogP contribution in [0.5, 0.6) is 5.75 Å². The van der Waals surface area contributed by atoms with Crippen molar-refractivity contribution >= 4 is 11.8 Å². The standard InChI is InChI=1S/C16H24N6O/c1-22(2)10-9-18-16-20-15(12-19-21-16)17-8-7-13-5-4-6-14(11-13)23-3/h4-6,11-12H,7-10H2,1-3H3,(H2,17,18,20,21). The molecule has 124 valence electrons. The van der Waals surface area contributed by atoms with Gasteiger partial charge in [0, 0.05) is 19.6 Å². The Hall–Kier alpha value is -2.41. The zero-order valence-corrected chi connectivity index (χ0v) is 13.9. The molecular formula is C16H24N6O. The molecule has 2 rings (SSSR count). The van der Waals surface area contributed by atoms with E-state index in [1.807, 2.05) is 32.3 Å². The number of hydrogen-bond acceptors (Lipinski definition) is 7. The van der Waals surface area contributed by atoms with Crippen molar-refractivity contribution in [2.75, 3.05) is 51.5 Å². The van der Waals surface area contributed by atoms with Gasteiger partial charge in [-0.1, -0.05) is 12.1 Å². The highest BCUT2D eigenvalue weighted by Crippen LogP contribution is 2.13. The van der Waals surface area contributed by atoms with Crippen LogP contribution in [0, 0.1) is 0 Å². The van der Waals surface area contributed by atoms with Gasteiger partial charge in [0.2, 0.25) is 5.95 Å². The molecule has 0 saturated heterocycles. The van der Waals surface area contributed by atoms with E-state index in [0.29, 0.717) is 5.95 Å². The average Bonchev–Trinajstić information content (AvgIpc) is 2.55. The predicted octanol–water partition coefficient (Wildman–Crippen LogP) is 1.51. The Kier molecular flexibility index (Phi) is 6.56. The van der Waals surface area contributed by atoms with Gasteiger partial charge in [-0.2, -0.15) is 10.1 Å². The molecule has 1 heterocycles. The summed E-state index contributed by atoms with van der Waals surface area (Å²) in [5, 5.41) is 14.4. The van der Waals surface area contributed by atoms with Gasteiger partial charge in [0.25, 0.3) is 0 Å². The van der Waals surface area contributed by atoms with Gasteiger partial charge >= 0.3 is 0 Å². The second-order valence-corrected chi connectivity index (χ2v) is 5.42. The number of anilines is 2. The highest BCUT2D eigenvalue weighted by molar-refractivity contribution is 5.37. The Labute approximate surface area is 137 Å². The van der Waals surface area contributed by atoms with Gasteiger partial charge in [-0.25, -0.2) is 0 Å². The van der Waals surface area contributed by atoms with E-state index in [0.717, 1.165) is 37.6 Å². The number of methoxy groups -OCH3 is 1. The summed E-state index contributed by atoms with van der Waals surface area (Å²) in [6, 6.07) is 8.05. The van der Waals surface area contributed by atoms with E-state index in [-0.39, 0.29) is 0 Å². The van der Waals surface area contributed by atoms with Crippen LogP contribution in [-0.4, -0.2) is 60.9 Å². The fourth-order valence-corrected chi connectivity index (χ4v) is 2.02. The fourth-order valence-electron chi connectivity index (χ4n) is 2.02. The van der Waals surface area contributed by atoms with Crippen molar-refractivity contribution in [2.24, 2.45) is 0 Å². The summed E-state index contributed by atoms with van der Waals surface area (Å²) >= 11 is 0. The summed E-state index contributed by atoms with van der Waals surface area (Å²) in [7, 11) is 5.73. The first-order valence-electron chi connectivity index (χ1n) is 7.62. The summed E-state index contributed by atoms with van der Waals surface area (Å²) in [6.45, 7) is 2.46. The quantitative estimate of drug-likeness (QED) is 0.726. The van der Waals surface area contributed by atoms with Gasteiger partial charge in [-0.3, -0.25) is 0 Å². The number of benzene rings is 1. The molecule has 0 aliphatic rings. The zero-order chi connectivity index (χ0) is 16.5. The molecule has 0 bridgehead atoms. The lowest BCUT2D eigenvalue weighted by Crippen LogP contribution is -2.21. The van der Waals surface area contributed by atoms with Crippen molar-refractivity contribution < 1.29 is 4.74 Å². The van der Waals surface area contributed by atoms with Crippen molar-refractivity contribution in [1.82, 2.24) is 20.1 Å². The molecule has 0 aliphatic heterocycles. The molecule has 7 heteroatoms. The first-order chi connectivity index (χ1) is 11.2. The van der Waals surface area contributed by atoms with E-state index in [2.05, 4.69) is 36.8 Å². The molecule has 0 fully saturated rings. The Morgan fingerprint density at radius 3 is 2.83 bits per heavy atom. The third kappa shape index (κ3) is 6.07. The minimum absolute atomic E-state index is 0.540. The lowest BCUT2D eigenvalue weighted by molar-refractivity contribution is 0.414. The lowest BCUT2D eigenvalue weighted by Gasteiger charge is -2.11. The molecule has 0 spiro atoms. The molecule has 0 unspecified atom stereocenters.